The molecular weight excluding hydrogens is 393 g/mol. The van der Waals surface area contributed by atoms with Gasteiger partial charge in [-0.1, -0.05) is 20.8 Å². The van der Waals surface area contributed by atoms with Crippen molar-refractivity contribution in [3.63, 3.8) is 0 Å². The van der Waals surface area contributed by atoms with E-state index in [1.165, 1.54) is 26.0 Å². The van der Waals surface area contributed by atoms with Gasteiger partial charge >= 0.3 is 0 Å². The van der Waals surface area contributed by atoms with Crippen LogP contribution in [0.2, 0.25) is 0 Å². The SMILES string of the molecule is COc1cc(F)c2nc(C[C@@H]3C[C@H]4CC[C@@H](C3)N4CC(=O)CCCC(C)(C)C)[nH]c2c1. The molecule has 3 heterocycles. The number of aromatic amines is 1. The predicted octanol–water partition coefficient (Wildman–Crippen LogP) is 5.28. The summed E-state index contributed by atoms with van der Waals surface area (Å²) in [6, 6.07) is 4.17. The molecule has 2 aromatic rings. The largest absolute Gasteiger partial charge is 0.497 e. The first-order valence-electron chi connectivity index (χ1n) is 11.7. The van der Waals surface area contributed by atoms with Gasteiger partial charge in [-0.25, -0.2) is 9.37 Å². The number of Topliss-reactive ketones (excluding diaryl/α,β-unsaturated/α-hetero) is 1. The number of hydrogen-bond donors (Lipinski definition) is 1. The molecule has 6 heteroatoms. The maximum absolute atomic E-state index is 14.3. The van der Waals surface area contributed by atoms with Crippen molar-refractivity contribution in [1.82, 2.24) is 14.9 Å². The summed E-state index contributed by atoms with van der Waals surface area (Å²) in [5.41, 5.74) is 1.37. The van der Waals surface area contributed by atoms with Crippen molar-refractivity contribution in [2.24, 2.45) is 11.3 Å². The van der Waals surface area contributed by atoms with Crippen LogP contribution < -0.4 is 4.74 Å². The van der Waals surface area contributed by atoms with Gasteiger partial charge in [0.15, 0.2) is 5.82 Å². The third-order valence-electron chi connectivity index (χ3n) is 7.00. The number of ether oxygens (including phenoxy) is 1. The zero-order valence-corrected chi connectivity index (χ0v) is 19.3. The molecule has 31 heavy (non-hydrogen) atoms. The molecule has 2 saturated heterocycles. The van der Waals surface area contributed by atoms with E-state index in [1.54, 1.807) is 6.07 Å². The Morgan fingerprint density at radius 1 is 1.26 bits per heavy atom. The summed E-state index contributed by atoms with van der Waals surface area (Å²) in [6.45, 7) is 7.31. The van der Waals surface area contributed by atoms with Gasteiger partial charge < -0.3 is 9.72 Å². The summed E-state index contributed by atoms with van der Waals surface area (Å²) in [4.78, 5) is 22.8. The third kappa shape index (κ3) is 5.28. The maximum atomic E-state index is 14.3. The van der Waals surface area contributed by atoms with Gasteiger partial charge in [0.2, 0.25) is 0 Å². The van der Waals surface area contributed by atoms with Crippen LogP contribution >= 0.6 is 0 Å². The number of H-pyrrole nitrogens is 1. The number of carbonyl (C=O) groups excluding carboxylic acids is 1. The number of nitrogens with one attached hydrogen (secondary N) is 1. The van der Waals surface area contributed by atoms with Gasteiger partial charge in [0.05, 0.1) is 19.2 Å². The van der Waals surface area contributed by atoms with Crippen LogP contribution in [-0.2, 0) is 11.2 Å². The fraction of sp³-hybridized carbons (Fsp3) is 0.680. The van der Waals surface area contributed by atoms with Gasteiger partial charge in [-0.05, 0) is 49.9 Å². The summed E-state index contributed by atoms with van der Waals surface area (Å²) in [6.07, 6.45) is 8.16. The number of nitrogens with zero attached hydrogens (tertiary/aromatic N) is 2. The molecule has 0 amide bonds. The number of carbonyl (C=O) groups is 1. The molecule has 3 atom stereocenters. The van der Waals surface area contributed by atoms with E-state index >= 15 is 0 Å². The number of piperidine rings is 1. The highest BCUT2D eigenvalue weighted by molar-refractivity contribution is 5.80. The van der Waals surface area contributed by atoms with Gasteiger partial charge in [-0.3, -0.25) is 9.69 Å². The smallest absolute Gasteiger partial charge is 0.154 e. The molecule has 1 aromatic carbocycles. The Morgan fingerprint density at radius 3 is 2.61 bits per heavy atom. The van der Waals surface area contributed by atoms with Crippen LogP contribution in [0.4, 0.5) is 4.39 Å². The van der Waals surface area contributed by atoms with Gasteiger partial charge in [-0.15, -0.1) is 0 Å². The quantitative estimate of drug-likeness (QED) is 0.620. The van der Waals surface area contributed by atoms with E-state index in [2.05, 4.69) is 35.6 Å². The number of imidazole rings is 1. The van der Waals surface area contributed by atoms with E-state index in [4.69, 9.17) is 4.74 Å². The first-order valence-corrected chi connectivity index (χ1v) is 11.7. The van der Waals surface area contributed by atoms with Gasteiger partial charge in [0.1, 0.15) is 22.9 Å². The van der Waals surface area contributed by atoms with Crippen LogP contribution in [-0.4, -0.2) is 46.4 Å². The van der Waals surface area contributed by atoms with Crippen LogP contribution in [0.3, 0.4) is 0 Å². The van der Waals surface area contributed by atoms with Crippen LogP contribution in [0.5, 0.6) is 5.75 Å². The van der Waals surface area contributed by atoms with E-state index in [9.17, 15) is 9.18 Å². The molecule has 0 aliphatic carbocycles. The molecule has 0 saturated carbocycles. The lowest BCUT2D eigenvalue weighted by atomic mass is 9.87. The monoisotopic (exact) mass is 429 g/mol. The fourth-order valence-corrected chi connectivity index (χ4v) is 5.50. The molecule has 5 nitrogen and oxygen atoms in total. The fourth-order valence-electron chi connectivity index (χ4n) is 5.50. The molecule has 170 valence electrons. The van der Waals surface area contributed by atoms with Gasteiger partial charge in [0.25, 0.3) is 0 Å². The first kappa shape index (κ1) is 22.3. The Bertz CT molecular complexity index is 919. The van der Waals surface area contributed by atoms with Gasteiger partial charge in [0, 0.05) is 37.1 Å². The molecule has 2 bridgehead atoms. The Kier molecular flexibility index (Phi) is 6.38. The highest BCUT2D eigenvalue weighted by atomic mass is 19.1. The van der Waals surface area contributed by atoms with Crippen molar-refractivity contribution >= 4 is 16.8 Å². The molecule has 0 unspecified atom stereocenters. The zero-order valence-electron chi connectivity index (χ0n) is 19.3. The minimum absolute atomic E-state index is 0.294. The summed E-state index contributed by atoms with van der Waals surface area (Å²) >= 11 is 0. The van der Waals surface area contributed by atoms with Crippen molar-refractivity contribution in [3.8, 4) is 5.75 Å². The van der Waals surface area contributed by atoms with Crippen molar-refractivity contribution < 1.29 is 13.9 Å². The molecule has 0 radical (unpaired) electrons. The molecule has 2 fully saturated rings. The molecular formula is C25H36FN3O2. The standard InChI is InChI=1S/C25H36FN3O2/c1-25(2,3)9-5-6-19(30)15-29-17-7-8-18(29)11-16(10-17)12-23-27-22-14-20(31-4)13-21(26)24(22)28-23/h13-14,16-18H,5-12,15H2,1-4H3,(H,27,28)/t16-,17-,18+. The second-order valence-electron chi connectivity index (χ2n) is 10.7. The van der Waals surface area contributed by atoms with E-state index in [0.29, 0.717) is 58.9 Å². The lowest BCUT2D eigenvalue weighted by Crippen LogP contribution is -2.45. The lowest BCUT2D eigenvalue weighted by Gasteiger charge is -2.38. The molecule has 4 rings (SSSR count). The number of benzene rings is 1. The summed E-state index contributed by atoms with van der Waals surface area (Å²) in [7, 11) is 1.54. The second-order valence-corrected chi connectivity index (χ2v) is 10.7. The van der Waals surface area contributed by atoms with Crippen molar-refractivity contribution in [2.75, 3.05) is 13.7 Å². The molecule has 0 spiro atoms. The zero-order chi connectivity index (χ0) is 22.2. The summed E-state index contributed by atoms with van der Waals surface area (Å²) < 4.78 is 19.4. The first-order chi connectivity index (χ1) is 14.7. The number of hydrogen-bond acceptors (Lipinski definition) is 4. The molecule has 2 aliphatic rings. The van der Waals surface area contributed by atoms with Crippen LogP contribution in [0, 0.1) is 17.2 Å². The Morgan fingerprint density at radius 2 is 1.97 bits per heavy atom. The average molecular weight is 430 g/mol. The van der Waals surface area contributed by atoms with E-state index in [0.717, 1.165) is 37.9 Å². The summed E-state index contributed by atoms with van der Waals surface area (Å²) in [5, 5.41) is 0. The number of fused-ring (bicyclic) bond motifs is 3. The number of rotatable bonds is 8. The molecule has 1 aromatic heterocycles. The number of ketones is 1. The number of halogens is 1. The van der Waals surface area contributed by atoms with Crippen LogP contribution in [0.1, 0.15) is 71.5 Å². The average Bonchev–Trinajstić information content (AvgIpc) is 3.18. The third-order valence-corrected chi connectivity index (χ3v) is 7.00. The Hall–Kier alpha value is -1.95. The summed E-state index contributed by atoms with van der Waals surface area (Å²) in [5.74, 6) is 1.91. The second kappa shape index (κ2) is 8.89. The number of aromatic nitrogens is 2. The maximum Gasteiger partial charge on any atom is 0.154 e. The number of methoxy groups -OCH3 is 1. The van der Waals surface area contributed by atoms with Crippen LogP contribution in [0.25, 0.3) is 11.0 Å². The van der Waals surface area contributed by atoms with Crippen molar-refractivity contribution in [1.29, 1.82) is 0 Å². The Labute approximate surface area is 184 Å². The van der Waals surface area contributed by atoms with Crippen LogP contribution in [0.15, 0.2) is 12.1 Å². The highest BCUT2D eigenvalue weighted by Gasteiger charge is 2.41. The van der Waals surface area contributed by atoms with Gasteiger partial charge in [-0.2, -0.15) is 0 Å². The molecule has 1 N–H and O–H groups in total. The molecule has 2 aliphatic heterocycles. The van der Waals surface area contributed by atoms with E-state index in [1.807, 2.05) is 0 Å². The topological polar surface area (TPSA) is 58.2 Å². The highest BCUT2D eigenvalue weighted by Crippen LogP contribution is 2.40. The van der Waals surface area contributed by atoms with E-state index < -0.39 is 0 Å². The van der Waals surface area contributed by atoms with E-state index in [-0.39, 0.29) is 5.82 Å². The lowest BCUT2D eigenvalue weighted by molar-refractivity contribution is -0.121. The minimum Gasteiger partial charge on any atom is -0.497 e. The van der Waals surface area contributed by atoms with Crippen molar-refractivity contribution in [2.45, 2.75) is 84.2 Å². The minimum atomic E-state index is -0.350. The normalized spacial score (nSPS) is 24.1. The Balaban J connectivity index is 1.33. The predicted molar refractivity (Wildman–Crippen MR) is 121 cm³/mol. The van der Waals surface area contributed by atoms with Crippen molar-refractivity contribution in [3.05, 3.63) is 23.8 Å².